The van der Waals surface area contributed by atoms with Crippen LogP contribution >= 0.6 is 0 Å². The SMILES string of the molecule is CCOCCNC(=NC)NCC1(CCOCC)CCCC1. The van der Waals surface area contributed by atoms with Crippen LogP contribution in [0.15, 0.2) is 4.99 Å². The molecule has 0 atom stereocenters. The molecule has 0 aliphatic heterocycles. The first-order valence-electron chi connectivity index (χ1n) is 8.36. The Morgan fingerprint density at radius 2 is 1.71 bits per heavy atom. The van der Waals surface area contributed by atoms with E-state index in [0.717, 1.165) is 45.3 Å². The maximum atomic E-state index is 5.56. The summed E-state index contributed by atoms with van der Waals surface area (Å²) in [5, 5.41) is 6.78. The molecule has 0 aromatic carbocycles. The molecule has 2 N–H and O–H groups in total. The zero-order chi connectivity index (χ0) is 15.4. The van der Waals surface area contributed by atoms with E-state index in [1.165, 1.54) is 25.7 Å². The number of nitrogens with zero attached hydrogens (tertiary/aromatic N) is 1. The van der Waals surface area contributed by atoms with Gasteiger partial charge in [-0.2, -0.15) is 0 Å². The second-order valence-electron chi connectivity index (χ2n) is 5.70. The molecule has 0 heterocycles. The van der Waals surface area contributed by atoms with Crippen LogP contribution in [0, 0.1) is 5.41 Å². The third-order valence-electron chi connectivity index (χ3n) is 4.24. The summed E-state index contributed by atoms with van der Waals surface area (Å²) in [6.07, 6.45) is 6.41. The molecule has 0 spiro atoms. The first-order chi connectivity index (χ1) is 10.3. The Morgan fingerprint density at radius 3 is 2.33 bits per heavy atom. The Labute approximate surface area is 129 Å². The third kappa shape index (κ3) is 7.14. The van der Waals surface area contributed by atoms with Gasteiger partial charge in [-0.05, 0) is 38.5 Å². The first-order valence-corrected chi connectivity index (χ1v) is 8.36. The highest BCUT2D eigenvalue weighted by atomic mass is 16.5. The summed E-state index contributed by atoms with van der Waals surface area (Å²) in [5.74, 6) is 0.873. The molecule has 124 valence electrons. The molecule has 0 amide bonds. The molecule has 0 saturated heterocycles. The summed E-state index contributed by atoms with van der Waals surface area (Å²) in [7, 11) is 1.82. The number of nitrogens with one attached hydrogen (secondary N) is 2. The summed E-state index contributed by atoms with van der Waals surface area (Å²) >= 11 is 0. The van der Waals surface area contributed by atoms with Gasteiger partial charge in [0.1, 0.15) is 0 Å². The quantitative estimate of drug-likeness (QED) is 0.369. The van der Waals surface area contributed by atoms with Crippen LogP contribution in [-0.2, 0) is 9.47 Å². The molecule has 0 aromatic heterocycles. The van der Waals surface area contributed by atoms with E-state index in [2.05, 4.69) is 22.5 Å². The molecular formula is C16H33N3O2. The molecule has 5 nitrogen and oxygen atoms in total. The normalized spacial score (nSPS) is 18.0. The number of rotatable bonds is 10. The predicted molar refractivity (Wildman–Crippen MR) is 87.9 cm³/mol. The second-order valence-corrected chi connectivity index (χ2v) is 5.70. The van der Waals surface area contributed by atoms with E-state index in [1.807, 2.05) is 14.0 Å². The highest BCUT2D eigenvalue weighted by molar-refractivity contribution is 5.79. The Bertz CT molecular complexity index is 289. The van der Waals surface area contributed by atoms with Gasteiger partial charge in [-0.3, -0.25) is 4.99 Å². The molecule has 0 radical (unpaired) electrons. The Kier molecular flexibility index (Phi) is 9.42. The summed E-state index contributed by atoms with van der Waals surface area (Å²) in [6, 6.07) is 0. The van der Waals surface area contributed by atoms with Gasteiger partial charge in [-0.15, -0.1) is 0 Å². The first kappa shape index (κ1) is 18.2. The van der Waals surface area contributed by atoms with Gasteiger partial charge in [0.05, 0.1) is 6.61 Å². The largest absolute Gasteiger partial charge is 0.382 e. The molecule has 0 bridgehead atoms. The summed E-state index contributed by atoms with van der Waals surface area (Å²) < 4.78 is 10.9. The molecule has 0 aromatic rings. The Hall–Kier alpha value is -0.810. The lowest BCUT2D eigenvalue weighted by molar-refractivity contribution is 0.105. The van der Waals surface area contributed by atoms with Crippen LogP contribution in [0.1, 0.15) is 46.0 Å². The van der Waals surface area contributed by atoms with E-state index in [1.54, 1.807) is 0 Å². The molecule has 5 heteroatoms. The average molecular weight is 299 g/mol. The average Bonchev–Trinajstić information content (AvgIpc) is 2.96. The van der Waals surface area contributed by atoms with Crippen LogP contribution in [-0.4, -0.2) is 52.5 Å². The third-order valence-corrected chi connectivity index (χ3v) is 4.24. The molecule has 1 aliphatic carbocycles. The molecule has 21 heavy (non-hydrogen) atoms. The fraction of sp³-hybridized carbons (Fsp3) is 0.938. The van der Waals surface area contributed by atoms with E-state index < -0.39 is 0 Å². The van der Waals surface area contributed by atoms with Crippen LogP contribution in [0.3, 0.4) is 0 Å². The van der Waals surface area contributed by atoms with Crippen molar-refractivity contribution < 1.29 is 9.47 Å². The summed E-state index contributed by atoms with van der Waals surface area (Å²) in [6.45, 7) is 8.99. The van der Waals surface area contributed by atoms with Gasteiger partial charge in [0, 0.05) is 40.0 Å². The van der Waals surface area contributed by atoms with Crippen molar-refractivity contribution in [3.8, 4) is 0 Å². The highest BCUT2D eigenvalue weighted by Crippen LogP contribution is 2.40. The lowest BCUT2D eigenvalue weighted by atomic mass is 9.83. The Morgan fingerprint density at radius 1 is 1.05 bits per heavy atom. The standard InChI is InChI=1S/C16H33N3O2/c1-4-20-12-10-16(8-6-7-9-16)14-19-15(17-3)18-11-13-21-5-2/h4-14H2,1-3H3,(H2,17,18,19). The number of aliphatic imine (C=N–C) groups is 1. The number of hydrogen-bond donors (Lipinski definition) is 2. The minimum Gasteiger partial charge on any atom is -0.382 e. The van der Waals surface area contributed by atoms with Crippen molar-refractivity contribution in [2.45, 2.75) is 46.0 Å². The van der Waals surface area contributed by atoms with Crippen LogP contribution in [0.25, 0.3) is 0 Å². The maximum absolute atomic E-state index is 5.56. The van der Waals surface area contributed by atoms with Gasteiger partial charge >= 0.3 is 0 Å². The van der Waals surface area contributed by atoms with Crippen LogP contribution < -0.4 is 10.6 Å². The fourth-order valence-electron chi connectivity index (χ4n) is 2.95. The zero-order valence-electron chi connectivity index (χ0n) is 14.0. The zero-order valence-corrected chi connectivity index (χ0v) is 14.0. The molecular weight excluding hydrogens is 266 g/mol. The van der Waals surface area contributed by atoms with Crippen molar-refractivity contribution in [3.63, 3.8) is 0 Å². The van der Waals surface area contributed by atoms with Crippen LogP contribution in [0.4, 0.5) is 0 Å². The van der Waals surface area contributed by atoms with Crippen molar-refractivity contribution in [1.82, 2.24) is 10.6 Å². The van der Waals surface area contributed by atoms with Gasteiger partial charge in [-0.1, -0.05) is 12.8 Å². The van der Waals surface area contributed by atoms with E-state index in [-0.39, 0.29) is 0 Å². The minimum atomic E-state index is 0.382. The number of hydrogen-bond acceptors (Lipinski definition) is 3. The minimum absolute atomic E-state index is 0.382. The second kappa shape index (κ2) is 10.9. The predicted octanol–water partition coefficient (Wildman–Crippen LogP) is 2.17. The van der Waals surface area contributed by atoms with Crippen molar-refractivity contribution >= 4 is 5.96 Å². The van der Waals surface area contributed by atoms with E-state index in [9.17, 15) is 0 Å². The monoisotopic (exact) mass is 299 g/mol. The molecule has 1 aliphatic rings. The van der Waals surface area contributed by atoms with Crippen molar-refractivity contribution in [3.05, 3.63) is 0 Å². The number of ether oxygens (including phenoxy) is 2. The lowest BCUT2D eigenvalue weighted by Crippen LogP contribution is -2.44. The smallest absolute Gasteiger partial charge is 0.191 e. The van der Waals surface area contributed by atoms with Gasteiger partial charge < -0.3 is 20.1 Å². The molecule has 1 saturated carbocycles. The van der Waals surface area contributed by atoms with E-state index >= 15 is 0 Å². The van der Waals surface area contributed by atoms with E-state index in [4.69, 9.17) is 9.47 Å². The highest BCUT2D eigenvalue weighted by Gasteiger charge is 2.33. The topological polar surface area (TPSA) is 54.9 Å². The Balaban J connectivity index is 2.33. The van der Waals surface area contributed by atoms with Gasteiger partial charge in [0.2, 0.25) is 0 Å². The van der Waals surface area contributed by atoms with Crippen molar-refractivity contribution in [2.24, 2.45) is 10.4 Å². The van der Waals surface area contributed by atoms with Crippen LogP contribution in [0.2, 0.25) is 0 Å². The van der Waals surface area contributed by atoms with Crippen molar-refractivity contribution in [1.29, 1.82) is 0 Å². The maximum Gasteiger partial charge on any atom is 0.191 e. The fourth-order valence-corrected chi connectivity index (χ4v) is 2.95. The van der Waals surface area contributed by atoms with Gasteiger partial charge in [0.15, 0.2) is 5.96 Å². The lowest BCUT2D eigenvalue weighted by Gasteiger charge is -2.30. The summed E-state index contributed by atoms with van der Waals surface area (Å²) in [5.41, 5.74) is 0.382. The van der Waals surface area contributed by atoms with E-state index in [0.29, 0.717) is 12.0 Å². The number of guanidine groups is 1. The molecule has 1 fully saturated rings. The summed E-state index contributed by atoms with van der Waals surface area (Å²) in [4.78, 5) is 4.28. The van der Waals surface area contributed by atoms with Crippen LogP contribution in [0.5, 0.6) is 0 Å². The molecule has 1 rings (SSSR count). The van der Waals surface area contributed by atoms with Crippen molar-refractivity contribution in [2.75, 3.05) is 46.6 Å². The van der Waals surface area contributed by atoms with Gasteiger partial charge in [-0.25, -0.2) is 0 Å². The molecule has 0 unspecified atom stereocenters. The van der Waals surface area contributed by atoms with Gasteiger partial charge in [0.25, 0.3) is 0 Å².